The van der Waals surface area contributed by atoms with Crippen LogP contribution in [0, 0.1) is 7.14 Å². The largest absolute Gasteiger partial charge is 0.493 e. The van der Waals surface area contributed by atoms with Crippen LogP contribution in [0.1, 0.15) is 37.9 Å². The molecule has 0 bridgehead atoms. The van der Waals surface area contributed by atoms with Gasteiger partial charge >= 0.3 is 5.97 Å². The quantitative estimate of drug-likeness (QED) is 0.230. The van der Waals surface area contributed by atoms with Gasteiger partial charge in [-0.05, 0) is 102 Å². The summed E-state index contributed by atoms with van der Waals surface area (Å²) >= 11 is 9.37. The number of benzene rings is 2. The van der Waals surface area contributed by atoms with E-state index in [2.05, 4.69) is 66.1 Å². The molecule has 0 N–H and O–H groups in total. The summed E-state index contributed by atoms with van der Waals surface area (Å²) in [5.41, 5.74) is 1.91. The summed E-state index contributed by atoms with van der Waals surface area (Å²) < 4.78 is 26.9. The molecule has 8 nitrogen and oxygen atoms in total. The van der Waals surface area contributed by atoms with Crippen LogP contribution in [-0.4, -0.2) is 38.0 Å². The maximum absolute atomic E-state index is 14.1. The second-order valence-electron chi connectivity index (χ2n) is 8.27. The van der Waals surface area contributed by atoms with E-state index in [4.69, 9.17) is 18.9 Å². The average Bonchev–Trinajstić information content (AvgIpc) is 3.19. The second-order valence-corrected chi connectivity index (χ2v) is 12.5. The zero-order valence-corrected chi connectivity index (χ0v) is 28.5. The molecule has 0 aliphatic carbocycles. The molecular weight excluding hydrogens is 814 g/mol. The zero-order chi connectivity index (χ0) is 28.4. The Morgan fingerprint density at radius 1 is 1.13 bits per heavy atom. The van der Waals surface area contributed by atoms with Crippen molar-refractivity contribution in [2.75, 3.05) is 27.4 Å². The third kappa shape index (κ3) is 5.93. The molecule has 39 heavy (non-hydrogen) atoms. The van der Waals surface area contributed by atoms with Crippen LogP contribution < -0.4 is 29.1 Å². The molecule has 0 spiro atoms. The molecule has 0 saturated heterocycles. The second kappa shape index (κ2) is 12.7. The van der Waals surface area contributed by atoms with Gasteiger partial charge < -0.3 is 18.9 Å². The molecule has 0 radical (unpaired) electrons. The first-order valence-corrected chi connectivity index (χ1v) is 15.6. The van der Waals surface area contributed by atoms with Crippen molar-refractivity contribution in [2.45, 2.75) is 26.8 Å². The van der Waals surface area contributed by atoms with Gasteiger partial charge in [0.25, 0.3) is 5.56 Å². The van der Waals surface area contributed by atoms with Gasteiger partial charge in [-0.15, -0.1) is 0 Å². The van der Waals surface area contributed by atoms with Gasteiger partial charge in [0.15, 0.2) is 16.3 Å². The predicted octanol–water partition coefficient (Wildman–Crippen LogP) is 5.19. The van der Waals surface area contributed by atoms with E-state index < -0.39 is 12.0 Å². The van der Waals surface area contributed by atoms with Crippen molar-refractivity contribution in [2.24, 2.45) is 4.99 Å². The summed E-state index contributed by atoms with van der Waals surface area (Å²) in [7, 11) is 3.08. The minimum Gasteiger partial charge on any atom is -0.493 e. The predicted molar refractivity (Wildman–Crippen MR) is 171 cm³/mol. The van der Waals surface area contributed by atoms with Gasteiger partial charge in [-0.1, -0.05) is 27.3 Å². The molecule has 0 saturated carbocycles. The minimum absolute atomic E-state index is 0.186. The van der Waals surface area contributed by atoms with E-state index in [0.29, 0.717) is 48.9 Å². The Morgan fingerprint density at radius 3 is 2.46 bits per heavy atom. The van der Waals surface area contributed by atoms with Gasteiger partial charge in [0.2, 0.25) is 0 Å². The lowest BCUT2D eigenvalue weighted by atomic mass is 9.95. The molecule has 3 aromatic rings. The highest BCUT2D eigenvalue weighted by Crippen LogP contribution is 2.41. The highest BCUT2D eigenvalue weighted by molar-refractivity contribution is 14.1. The number of halogens is 3. The van der Waals surface area contributed by atoms with E-state index in [1.807, 2.05) is 25.1 Å². The van der Waals surface area contributed by atoms with Gasteiger partial charge in [0, 0.05) is 13.6 Å². The molecule has 1 aliphatic rings. The molecular formula is C27H25BrI2N2O6S. The van der Waals surface area contributed by atoms with Crippen LogP contribution >= 0.6 is 72.4 Å². The molecule has 2 heterocycles. The van der Waals surface area contributed by atoms with E-state index in [0.717, 1.165) is 12.7 Å². The number of rotatable bonds is 8. The van der Waals surface area contributed by atoms with Crippen LogP contribution in [0.25, 0.3) is 6.08 Å². The smallest absolute Gasteiger partial charge is 0.338 e. The van der Waals surface area contributed by atoms with Crippen LogP contribution in [-0.2, 0) is 9.53 Å². The molecule has 2 aromatic carbocycles. The first-order valence-electron chi connectivity index (χ1n) is 11.9. The van der Waals surface area contributed by atoms with Crippen LogP contribution in [0.15, 0.2) is 49.8 Å². The number of esters is 1. The third-order valence-electron chi connectivity index (χ3n) is 5.93. The Bertz CT molecular complexity index is 1660. The maximum atomic E-state index is 14.1. The van der Waals surface area contributed by atoms with Crippen molar-refractivity contribution in [3.8, 4) is 17.2 Å². The highest BCUT2D eigenvalue weighted by atomic mass is 127. The summed E-state index contributed by atoms with van der Waals surface area (Å²) in [4.78, 5) is 32.4. The number of aromatic nitrogens is 1. The number of fused-ring (bicyclic) bond motifs is 1. The van der Waals surface area contributed by atoms with Crippen molar-refractivity contribution < 1.29 is 23.7 Å². The van der Waals surface area contributed by atoms with Gasteiger partial charge in [-0.25, -0.2) is 9.79 Å². The lowest BCUT2D eigenvalue weighted by molar-refractivity contribution is -0.139. The molecule has 12 heteroatoms. The van der Waals surface area contributed by atoms with E-state index in [1.54, 1.807) is 37.7 Å². The molecule has 0 amide bonds. The molecule has 0 unspecified atom stereocenters. The van der Waals surface area contributed by atoms with Gasteiger partial charge in [0.05, 0.1) is 52.8 Å². The van der Waals surface area contributed by atoms with E-state index >= 15 is 0 Å². The Kier molecular flexibility index (Phi) is 9.81. The molecule has 4 rings (SSSR count). The fourth-order valence-corrected chi connectivity index (χ4v) is 7.91. The van der Waals surface area contributed by atoms with Gasteiger partial charge in [-0.3, -0.25) is 9.36 Å². The summed E-state index contributed by atoms with van der Waals surface area (Å²) in [6, 6.07) is 6.71. The number of methoxy groups -OCH3 is 2. The van der Waals surface area contributed by atoms with Crippen LogP contribution in [0.2, 0.25) is 0 Å². The van der Waals surface area contributed by atoms with Crippen LogP contribution in [0.3, 0.4) is 0 Å². The fraction of sp³-hybridized carbons (Fsp3) is 0.296. The number of nitrogens with zero attached hydrogens (tertiary/aromatic N) is 2. The minimum atomic E-state index is -0.806. The SMILES string of the molecule is CCOC(=O)C1=C(C)N=c2s/c(=C\c3cc(I)cc(I)c3OCC)c(=O)n2[C@@H]1c1cc(OC)c(OC)cc1Br. The number of thiazole rings is 1. The van der Waals surface area contributed by atoms with E-state index in [9.17, 15) is 9.59 Å². The van der Waals surface area contributed by atoms with Gasteiger partial charge in [-0.2, -0.15) is 0 Å². The zero-order valence-electron chi connectivity index (χ0n) is 21.8. The summed E-state index contributed by atoms with van der Waals surface area (Å²) in [5.74, 6) is 1.15. The third-order valence-corrected chi connectivity index (χ3v) is 9.02. The summed E-state index contributed by atoms with van der Waals surface area (Å²) in [5, 5.41) is 0. The van der Waals surface area contributed by atoms with E-state index in [-0.39, 0.29) is 17.7 Å². The first kappa shape index (κ1) is 30.1. The number of allylic oxidation sites excluding steroid dienone is 1. The molecule has 1 atom stereocenters. The Morgan fingerprint density at radius 2 is 1.82 bits per heavy atom. The Labute approximate surface area is 265 Å². The average molecular weight is 839 g/mol. The molecule has 206 valence electrons. The van der Waals surface area contributed by atoms with E-state index in [1.165, 1.54) is 18.4 Å². The van der Waals surface area contributed by atoms with Gasteiger partial charge in [0.1, 0.15) is 5.75 Å². The topological polar surface area (TPSA) is 88.4 Å². The summed E-state index contributed by atoms with van der Waals surface area (Å²) in [6.07, 6.45) is 1.82. The Balaban J connectivity index is 2.03. The first-order chi connectivity index (χ1) is 18.6. The van der Waals surface area contributed by atoms with Crippen molar-refractivity contribution in [3.63, 3.8) is 0 Å². The van der Waals surface area contributed by atoms with Crippen LogP contribution in [0.5, 0.6) is 17.2 Å². The van der Waals surface area contributed by atoms with Crippen molar-refractivity contribution >= 4 is 84.5 Å². The molecule has 1 aromatic heterocycles. The number of carbonyl (C=O) groups excluding carboxylic acids is 1. The number of hydrogen-bond acceptors (Lipinski definition) is 8. The normalized spacial score (nSPS) is 15.1. The lowest BCUT2D eigenvalue weighted by Gasteiger charge is -2.26. The van der Waals surface area contributed by atoms with Crippen molar-refractivity contribution in [3.05, 3.63) is 78.0 Å². The molecule has 0 fully saturated rings. The fourth-order valence-electron chi connectivity index (χ4n) is 4.29. The van der Waals surface area contributed by atoms with Crippen molar-refractivity contribution in [1.82, 2.24) is 4.57 Å². The standard InChI is InChI=1S/C27H25BrI2N2O6S/c1-6-37-24-14(8-15(29)10-18(24)30)9-21-25(33)32-23(16-11-19(35-4)20(36-5)12-17(16)28)22(26(34)38-7-2)13(3)31-27(32)39-21/h8-12,23H,6-7H2,1-5H3/b21-9-/t23-/m1/s1. The maximum Gasteiger partial charge on any atom is 0.338 e. The lowest BCUT2D eigenvalue weighted by Crippen LogP contribution is -2.40. The summed E-state index contributed by atoms with van der Waals surface area (Å²) in [6.45, 7) is 6.09. The number of hydrogen-bond donors (Lipinski definition) is 0. The van der Waals surface area contributed by atoms with Crippen LogP contribution in [0.4, 0.5) is 0 Å². The number of ether oxygens (including phenoxy) is 4. The van der Waals surface area contributed by atoms with Crippen molar-refractivity contribution in [1.29, 1.82) is 0 Å². The monoisotopic (exact) mass is 838 g/mol. The Hall–Kier alpha value is -1.91. The molecule has 1 aliphatic heterocycles. The number of carbonyl (C=O) groups is 1. The highest BCUT2D eigenvalue weighted by Gasteiger charge is 2.35.